The third-order valence-electron chi connectivity index (χ3n) is 4.65. The van der Waals surface area contributed by atoms with E-state index in [1.54, 1.807) is 12.1 Å². The zero-order valence-electron chi connectivity index (χ0n) is 14.7. The summed E-state index contributed by atoms with van der Waals surface area (Å²) in [5, 5.41) is 3.91. The molecule has 1 aliphatic heterocycles. The standard InChI is InChI=1S/C20H17BrFN3O2/c1-12-10-14-11-15(21)4-7-17(14)25(12)19(26)9-8-18-23-20(24-27-18)13-2-5-16(22)6-3-13/h2-7,11-12H,8-10H2,1H3/t12-/m1/s1. The number of nitrogens with zero attached hydrogens (tertiary/aromatic N) is 3. The van der Waals surface area contributed by atoms with Crippen molar-refractivity contribution in [2.24, 2.45) is 0 Å². The van der Waals surface area contributed by atoms with Crippen LogP contribution in [0.2, 0.25) is 0 Å². The first-order valence-electron chi connectivity index (χ1n) is 8.70. The predicted octanol–water partition coefficient (Wildman–Crippen LogP) is 4.55. The number of rotatable bonds is 4. The second-order valence-electron chi connectivity index (χ2n) is 6.61. The van der Waals surface area contributed by atoms with E-state index in [9.17, 15) is 9.18 Å². The lowest BCUT2D eigenvalue weighted by molar-refractivity contribution is -0.118. The molecule has 5 nitrogen and oxygen atoms in total. The van der Waals surface area contributed by atoms with Crippen molar-refractivity contribution in [1.82, 2.24) is 10.1 Å². The molecule has 1 aliphatic rings. The van der Waals surface area contributed by atoms with E-state index >= 15 is 0 Å². The number of carbonyl (C=O) groups excluding carboxylic acids is 1. The molecule has 0 saturated carbocycles. The number of hydrogen-bond acceptors (Lipinski definition) is 4. The topological polar surface area (TPSA) is 59.2 Å². The molecule has 2 aromatic carbocycles. The van der Waals surface area contributed by atoms with E-state index in [2.05, 4.69) is 32.1 Å². The number of aromatic nitrogens is 2. The first-order chi connectivity index (χ1) is 13.0. The molecular formula is C20H17BrFN3O2. The molecule has 0 N–H and O–H groups in total. The number of fused-ring (bicyclic) bond motifs is 1. The summed E-state index contributed by atoms with van der Waals surface area (Å²) in [5.74, 6) is 0.498. The number of carbonyl (C=O) groups is 1. The van der Waals surface area contributed by atoms with Gasteiger partial charge in [0.2, 0.25) is 17.6 Å². The van der Waals surface area contributed by atoms with Gasteiger partial charge >= 0.3 is 0 Å². The Kier molecular flexibility index (Phi) is 4.78. The highest BCUT2D eigenvalue weighted by Gasteiger charge is 2.30. The summed E-state index contributed by atoms with van der Waals surface area (Å²) >= 11 is 3.48. The lowest BCUT2D eigenvalue weighted by Gasteiger charge is -2.22. The number of aryl methyl sites for hydroxylation is 1. The molecule has 1 atom stereocenters. The first-order valence-corrected chi connectivity index (χ1v) is 9.49. The van der Waals surface area contributed by atoms with E-state index in [1.165, 1.54) is 17.7 Å². The lowest BCUT2D eigenvalue weighted by atomic mass is 10.1. The summed E-state index contributed by atoms with van der Waals surface area (Å²) < 4.78 is 19.3. The number of halogens is 2. The summed E-state index contributed by atoms with van der Waals surface area (Å²) in [7, 11) is 0. The number of anilines is 1. The van der Waals surface area contributed by atoms with E-state index in [0.29, 0.717) is 23.7 Å². The van der Waals surface area contributed by atoms with Gasteiger partial charge in [-0.15, -0.1) is 0 Å². The Labute approximate surface area is 164 Å². The summed E-state index contributed by atoms with van der Waals surface area (Å²) in [6, 6.07) is 12.0. The molecule has 0 fully saturated rings. The zero-order chi connectivity index (χ0) is 19.0. The molecule has 3 aromatic rings. The highest BCUT2D eigenvalue weighted by Crippen LogP contribution is 2.34. The van der Waals surface area contributed by atoms with E-state index < -0.39 is 0 Å². The van der Waals surface area contributed by atoms with Gasteiger partial charge in [-0.25, -0.2) is 4.39 Å². The summed E-state index contributed by atoms with van der Waals surface area (Å²) in [6.45, 7) is 2.05. The van der Waals surface area contributed by atoms with Gasteiger partial charge < -0.3 is 9.42 Å². The Morgan fingerprint density at radius 2 is 2.07 bits per heavy atom. The molecular weight excluding hydrogens is 413 g/mol. The van der Waals surface area contributed by atoms with Crippen LogP contribution in [0.1, 0.15) is 24.8 Å². The van der Waals surface area contributed by atoms with E-state index in [1.807, 2.05) is 24.0 Å². The maximum atomic E-state index is 13.0. The van der Waals surface area contributed by atoms with E-state index in [-0.39, 0.29) is 24.2 Å². The van der Waals surface area contributed by atoms with Crippen molar-refractivity contribution in [2.45, 2.75) is 32.2 Å². The number of amides is 1. The van der Waals surface area contributed by atoms with Gasteiger partial charge in [0.1, 0.15) is 5.82 Å². The molecule has 0 radical (unpaired) electrons. The van der Waals surface area contributed by atoms with Gasteiger partial charge in [0.05, 0.1) is 0 Å². The minimum absolute atomic E-state index is 0.0325. The second-order valence-corrected chi connectivity index (χ2v) is 7.52. The molecule has 0 bridgehead atoms. The largest absolute Gasteiger partial charge is 0.339 e. The van der Waals surface area contributed by atoms with Crippen molar-refractivity contribution < 1.29 is 13.7 Å². The second kappa shape index (κ2) is 7.23. The highest BCUT2D eigenvalue weighted by molar-refractivity contribution is 9.10. The van der Waals surface area contributed by atoms with Crippen LogP contribution in [0, 0.1) is 5.82 Å². The molecule has 0 saturated heterocycles. The van der Waals surface area contributed by atoms with Crippen LogP contribution in [-0.4, -0.2) is 22.1 Å². The molecule has 0 spiro atoms. The maximum Gasteiger partial charge on any atom is 0.227 e. The van der Waals surface area contributed by atoms with Gasteiger partial charge in [0.15, 0.2) is 0 Å². The van der Waals surface area contributed by atoms with Gasteiger partial charge in [-0.2, -0.15) is 4.98 Å². The van der Waals surface area contributed by atoms with Gasteiger partial charge in [-0.3, -0.25) is 4.79 Å². The fourth-order valence-corrected chi connectivity index (χ4v) is 3.80. The Hall–Kier alpha value is -2.54. The Bertz CT molecular complexity index is 987. The average molecular weight is 430 g/mol. The van der Waals surface area contributed by atoms with Crippen LogP contribution in [0.5, 0.6) is 0 Å². The minimum Gasteiger partial charge on any atom is -0.339 e. The molecule has 7 heteroatoms. The molecule has 1 aromatic heterocycles. The van der Waals surface area contributed by atoms with Gasteiger partial charge in [-0.05, 0) is 61.4 Å². The lowest BCUT2D eigenvalue weighted by Crippen LogP contribution is -2.35. The molecule has 0 aliphatic carbocycles. The van der Waals surface area contributed by atoms with Crippen LogP contribution < -0.4 is 4.90 Å². The smallest absolute Gasteiger partial charge is 0.227 e. The van der Waals surface area contributed by atoms with Gasteiger partial charge in [0, 0.05) is 34.6 Å². The molecule has 138 valence electrons. The third kappa shape index (κ3) is 3.64. The molecule has 2 heterocycles. The van der Waals surface area contributed by atoms with Crippen molar-refractivity contribution in [3.05, 3.63) is 64.2 Å². The van der Waals surface area contributed by atoms with Crippen molar-refractivity contribution in [3.8, 4) is 11.4 Å². The predicted molar refractivity (Wildman–Crippen MR) is 103 cm³/mol. The van der Waals surface area contributed by atoms with Crippen molar-refractivity contribution in [1.29, 1.82) is 0 Å². The monoisotopic (exact) mass is 429 g/mol. The molecule has 4 rings (SSSR count). The van der Waals surface area contributed by atoms with Gasteiger partial charge in [0.25, 0.3) is 0 Å². The van der Waals surface area contributed by atoms with Crippen molar-refractivity contribution in [2.75, 3.05) is 4.90 Å². The van der Waals surface area contributed by atoms with Crippen LogP contribution in [0.15, 0.2) is 51.5 Å². The van der Waals surface area contributed by atoms with Crippen molar-refractivity contribution >= 4 is 27.5 Å². The van der Waals surface area contributed by atoms with Crippen molar-refractivity contribution in [3.63, 3.8) is 0 Å². The Balaban J connectivity index is 1.44. The SMILES string of the molecule is C[C@@H]1Cc2cc(Br)ccc2N1C(=O)CCc1nc(-c2ccc(F)cc2)no1. The van der Waals surface area contributed by atoms with Crippen LogP contribution >= 0.6 is 15.9 Å². The normalized spacial score (nSPS) is 15.8. The molecule has 1 amide bonds. The van der Waals surface area contributed by atoms with Crippen LogP contribution in [0.4, 0.5) is 10.1 Å². The van der Waals surface area contributed by atoms with Crippen LogP contribution in [0.25, 0.3) is 11.4 Å². The Morgan fingerprint density at radius 3 is 2.85 bits per heavy atom. The minimum atomic E-state index is -0.319. The van der Waals surface area contributed by atoms with Crippen LogP contribution in [-0.2, 0) is 17.6 Å². The third-order valence-corrected chi connectivity index (χ3v) is 5.14. The average Bonchev–Trinajstić information content (AvgIpc) is 3.23. The fraction of sp³-hybridized carbons (Fsp3) is 0.250. The fourth-order valence-electron chi connectivity index (χ4n) is 3.39. The summed E-state index contributed by atoms with van der Waals surface area (Å²) in [5.41, 5.74) is 2.81. The zero-order valence-corrected chi connectivity index (χ0v) is 16.2. The molecule has 0 unspecified atom stereocenters. The van der Waals surface area contributed by atoms with Gasteiger partial charge in [-0.1, -0.05) is 21.1 Å². The summed E-state index contributed by atoms with van der Waals surface area (Å²) in [4.78, 5) is 18.9. The number of benzene rings is 2. The first kappa shape index (κ1) is 17.9. The molecule has 27 heavy (non-hydrogen) atoms. The maximum absolute atomic E-state index is 13.0. The highest BCUT2D eigenvalue weighted by atomic mass is 79.9. The van der Waals surface area contributed by atoms with E-state index in [4.69, 9.17) is 4.52 Å². The number of hydrogen-bond donors (Lipinski definition) is 0. The van der Waals surface area contributed by atoms with E-state index in [0.717, 1.165) is 16.6 Å². The Morgan fingerprint density at radius 1 is 1.30 bits per heavy atom. The van der Waals surface area contributed by atoms with Crippen LogP contribution in [0.3, 0.4) is 0 Å². The summed E-state index contributed by atoms with van der Waals surface area (Å²) in [6.07, 6.45) is 1.49. The quantitative estimate of drug-likeness (QED) is 0.610.